The largest absolute Gasteiger partial charge is 0.481 e. The van der Waals surface area contributed by atoms with E-state index < -0.39 is 62.4 Å². The summed E-state index contributed by atoms with van der Waals surface area (Å²) in [6, 6.07) is -0.324. The van der Waals surface area contributed by atoms with Gasteiger partial charge >= 0.3 is 12.1 Å². The van der Waals surface area contributed by atoms with Crippen molar-refractivity contribution in [2.24, 2.45) is 11.3 Å². The van der Waals surface area contributed by atoms with Crippen LogP contribution in [0.25, 0.3) is 21.3 Å². The van der Waals surface area contributed by atoms with Gasteiger partial charge in [0.1, 0.15) is 11.9 Å². The van der Waals surface area contributed by atoms with Crippen LogP contribution in [0.1, 0.15) is 70.0 Å². The third-order valence-electron chi connectivity index (χ3n) is 7.32. The number of thiazole rings is 1. The van der Waals surface area contributed by atoms with Crippen LogP contribution in [0.4, 0.5) is 26.3 Å². The van der Waals surface area contributed by atoms with Gasteiger partial charge in [-0.25, -0.2) is 27.1 Å². The van der Waals surface area contributed by atoms with Crippen LogP contribution in [0.5, 0.6) is 0 Å². The van der Waals surface area contributed by atoms with E-state index in [-0.39, 0.29) is 39.6 Å². The SMILES string of the molecule is C=S(=O)(N[C@@H](CC)C(F)(F)F)c1ccc(-c2sc(-c3nnc(CC(C)(C)C(=O)O)o3)nc2CC2CCC2)c(C(F)F)c1F. The first kappa shape index (κ1) is 32.9. The number of aliphatic carboxylic acids is 1. The minimum atomic E-state index is -4.83. The highest BCUT2D eigenvalue weighted by atomic mass is 32.2. The molecule has 1 aliphatic carbocycles. The molecule has 0 radical (unpaired) electrons. The van der Waals surface area contributed by atoms with Crippen molar-refractivity contribution in [3.63, 3.8) is 0 Å². The van der Waals surface area contributed by atoms with Gasteiger partial charge in [0.15, 0.2) is 5.01 Å². The third-order valence-corrected chi connectivity index (χ3v) is 10.1. The predicted molar refractivity (Wildman–Crippen MR) is 149 cm³/mol. The number of carbonyl (C=O) groups is 1. The number of hydrogen-bond donors (Lipinski definition) is 2. The van der Waals surface area contributed by atoms with Crippen molar-refractivity contribution >= 4 is 32.9 Å². The van der Waals surface area contributed by atoms with Gasteiger partial charge < -0.3 is 9.52 Å². The number of alkyl halides is 5. The van der Waals surface area contributed by atoms with E-state index in [9.17, 15) is 36.1 Å². The molecule has 1 fully saturated rings. The Morgan fingerprint density at radius 1 is 1.26 bits per heavy atom. The molecule has 0 saturated heterocycles. The molecule has 0 spiro atoms. The highest BCUT2D eigenvalue weighted by Crippen LogP contribution is 2.44. The summed E-state index contributed by atoms with van der Waals surface area (Å²) in [6.45, 7) is 4.13. The van der Waals surface area contributed by atoms with Gasteiger partial charge in [0.2, 0.25) is 5.89 Å². The Morgan fingerprint density at radius 3 is 2.47 bits per heavy atom. The molecule has 2 aromatic heterocycles. The summed E-state index contributed by atoms with van der Waals surface area (Å²) >= 11 is 0.876. The van der Waals surface area contributed by atoms with Gasteiger partial charge in [0.25, 0.3) is 12.3 Å². The number of nitrogens with one attached hydrogen (secondary N) is 1. The van der Waals surface area contributed by atoms with Gasteiger partial charge in [-0.3, -0.25) is 4.79 Å². The number of rotatable bonds is 12. The van der Waals surface area contributed by atoms with E-state index in [1.54, 1.807) is 4.72 Å². The van der Waals surface area contributed by atoms with Crippen LogP contribution in [0.3, 0.4) is 0 Å². The fourth-order valence-corrected chi connectivity index (χ4v) is 7.17. The maximum absolute atomic E-state index is 15.7. The van der Waals surface area contributed by atoms with Gasteiger partial charge in [-0.05, 0) is 44.5 Å². The normalized spacial score (nSPS) is 16.7. The lowest BCUT2D eigenvalue weighted by Gasteiger charge is -2.25. The van der Waals surface area contributed by atoms with Crippen molar-refractivity contribution in [1.82, 2.24) is 19.9 Å². The first-order chi connectivity index (χ1) is 19.9. The van der Waals surface area contributed by atoms with Crippen LogP contribution in [0.15, 0.2) is 21.4 Å². The van der Waals surface area contributed by atoms with Gasteiger partial charge in [-0.2, -0.15) is 13.2 Å². The Balaban J connectivity index is 1.79. The van der Waals surface area contributed by atoms with Crippen molar-refractivity contribution in [3.05, 3.63) is 35.1 Å². The van der Waals surface area contributed by atoms with E-state index in [0.29, 0.717) is 12.1 Å². The van der Waals surface area contributed by atoms with E-state index in [2.05, 4.69) is 21.1 Å². The summed E-state index contributed by atoms with van der Waals surface area (Å²) < 4.78 is 105. The summed E-state index contributed by atoms with van der Waals surface area (Å²) in [5, 5.41) is 17.4. The molecule has 1 unspecified atom stereocenters. The number of carboxylic acids is 1. The molecule has 1 aromatic carbocycles. The first-order valence-electron chi connectivity index (χ1n) is 13.3. The van der Waals surface area contributed by atoms with E-state index in [1.165, 1.54) is 20.8 Å². The minimum Gasteiger partial charge on any atom is -0.481 e. The lowest BCUT2D eigenvalue weighted by Crippen LogP contribution is -2.45. The van der Waals surface area contributed by atoms with Crippen molar-refractivity contribution in [2.45, 2.75) is 82.8 Å². The molecule has 2 atom stereocenters. The van der Waals surface area contributed by atoms with Crippen molar-refractivity contribution in [2.75, 3.05) is 0 Å². The Bertz CT molecular complexity index is 1600. The molecule has 3 aromatic rings. The Hall–Kier alpha value is -2.98. The average molecular weight is 653 g/mol. The fraction of sp³-hybridized carbons (Fsp3) is 0.519. The molecule has 2 heterocycles. The number of benzene rings is 1. The monoisotopic (exact) mass is 652 g/mol. The summed E-state index contributed by atoms with van der Waals surface area (Å²) in [6.07, 6.45) is -5.77. The molecule has 0 bridgehead atoms. The zero-order valence-electron chi connectivity index (χ0n) is 23.4. The molecule has 8 nitrogen and oxygen atoms in total. The average Bonchev–Trinajstić information content (AvgIpc) is 3.50. The Labute approximate surface area is 248 Å². The Morgan fingerprint density at radius 2 is 1.93 bits per heavy atom. The van der Waals surface area contributed by atoms with E-state index in [4.69, 9.17) is 4.42 Å². The molecular weight excluding hydrogens is 622 g/mol. The third kappa shape index (κ3) is 7.06. The predicted octanol–water partition coefficient (Wildman–Crippen LogP) is 6.85. The fourth-order valence-electron chi connectivity index (χ4n) is 4.54. The first-order valence-corrected chi connectivity index (χ1v) is 15.9. The maximum Gasteiger partial charge on any atom is 0.404 e. The van der Waals surface area contributed by atoms with Gasteiger partial charge in [0, 0.05) is 12.0 Å². The topological polar surface area (TPSA) is 118 Å². The molecule has 1 saturated carbocycles. The van der Waals surface area contributed by atoms with Crippen LogP contribution in [-0.2, 0) is 27.3 Å². The standard InChI is InChI=1S/C27H30F6N4O4S2/c1-5-17(27(31,32)33)37-43(4,40)16-10-9-14(19(20(16)28)22(29)30)21-15(11-13-7-6-8-13)34-24(42-21)23-36-35-18(41-23)12-26(2,3)25(38)39/h9-10,13,17,22H,4-8,11-12H2,1-3H3,(H,37,40)(H,38,39)/t17-,43?/m0/s1. The molecule has 0 amide bonds. The summed E-state index contributed by atoms with van der Waals surface area (Å²) in [5.74, 6) is 0.655. The van der Waals surface area contributed by atoms with Crippen LogP contribution < -0.4 is 4.72 Å². The summed E-state index contributed by atoms with van der Waals surface area (Å²) in [4.78, 5) is 15.3. The molecule has 236 valence electrons. The maximum atomic E-state index is 15.7. The molecule has 4 rings (SSSR count). The zero-order chi connectivity index (χ0) is 31.9. The lowest BCUT2D eigenvalue weighted by molar-refractivity contribution is -0.151. The smallest absolute Gasteiger partial charge is 0.404 e. The summed E-state index contributed by atoms with van der Waals surface area (Å²) in [7, 11) is -4.19. The van der Waals surface area contributed by atoms with E-state index in [0.717, 1.165) is 42.7 Å². The number of nitrogens with zero attached hydrogens (tertiary/aromatic N) is 3. The molecule has 43 heavy (non-hydrogen) atoms. The second kappa shape index (κ2) is 12.2. The molecule has 0 aliphatic heterocycles. The van der Waals surface area contributed by atoms with Gasteiger partial charge in [-0.1, -0.05) is 32.3 Å². The number of hydrogen-bond acceptors (Lipinski definition) is 7. The Kier molecular flexibility index (Phi) is 9.33. The van der Waals surface area contributed by atoms with Crippen molar-refractivity contribution in [1.29, 1.82) is 0 Å². The van der Waals surface area contributed by atoms with E-state index >= 15 is 4.39 Å². The number of carboxylic acid groups (broad SMARTS) is 1. The lowest BCUT2D eigenvalue weighted by atomic mass is 9.81. The zero-order valence-corrected chi connectivity index (χ0v) is 25.1. The number of halogens is 6. The van der Waals surface area contributed by atoms with Crippen LogP contribution >= 0.6 is 11.3 Å². The highest BCUT2D eigenvalue weighted by molar-refractivity contribution is 7.98. The van der Waals surface area contributed by atoms with Crippen LogP contribution in [0, 0.1) is 17.2 Å². The highest BCUT2D eigenvalue weighted by Gasteiger charge is 2.40. The molecular formula is C27H30F6N4O4S2. The van der Waals surface area contributed by atoms with Crippen molar-refractivity contribution in [3.8, 4) is 21.3 Å². The van der Waals surface area contributed by atoms with Gasteiger partial charge in [-0.15, -0.1) is 21.5 Å². The van der Waals surface area contributed by atoms with E-state index in [1.807, 2.05) is 0 Å². The van der Waals surface area contributed by atoms with Gasteiger partial charge in [0.05, 0.1) is 36.2 Å². The molecule has 2 N–H and O–H groups in total. The second-order valence-electron chi connectivity index (χ2n) is 11.1. The van der Waals surface area contributed by atoms with Crippen molar-refractivity contribution < 1.29 is 44.9 Å². The second-order valence-corrected chi connectivity index (χ2v) is 14.1. The van der Waals surface area contributed by atoms with Crippen LogP contribution in [0.2, 0.25) is 0 Å². The molecule has 1 aliphatic rings. The quantitative estimate of drug-likeness (QED) is 0.162. The number of aromatic nitrogens is 3. The molecule has 16 heteroatoms. The minimum absolute atomic E-state index is 0.0188. The van der Waals surface area contributed by atoms with Crippen LogP contribution in [-0.4, -0.2) is 48.6 Å². The summed E-state index contributed by atoms with van der Waals surface area (Å²) in [5.41, 5.74) is -2.26.